The van der Waals surface area contributed by atoms with Crippen LogP contribution < -0.4 is 28.1 Å². The van der Waals surface area contributed by atoms with Crippen LogP contribution in [0.25, 0.3) is 5.57 Å². The zero-order valence-corrected chi connectivity index (χ0v) is 22.2. The molecule has 0 radical (unpaired) electrons. The zero-order chi connectivity index (χ0) is 16.9. The number of hydrogen-bond acceptors (Lipinski definition) is 1. The van der Waals surface area contributed by atoms with Crippen LogP contribution in [-0.4, -0.2) is 21.3 Å². The molecular weight excluding hydrogens is 481 g/mol. The second-order valence-corrected chi connectivity index (χ2v) is 9.36. The van der Waals surface area contributed by atoms with Gasteiger partial charge in [0.1, 0.15) is 0 Å². The van der Waals surface area contributed by atoms with E-state index in [1.165, 1.54) is 22.3 Å². The van der Waals surface area contributed by atoms with Gasteiger partial charge < -0.3 is 24.8 Å². The van der Waals surface area contributed by atoms with Crippen molar-refractivity contribution in [1.82, 2.24) is 3.26 Å². The first kappa shape index (κ1) is 26.4. The molecule has 0 bridgehead atoms. The van der Waals surface area contributed by atoms with Crippen LogP contribution in [0.2, 0.25) is 11.5 Å². The average molecular weight is 507 g/mol. The zero-order valence-electron chi connectivity index (χ0n) is 15.3. The molecule has 1 aliphatic rings. The van der Waals surface area contributed by atoms with Crippen LogP contribution in [0.1, 0.15) is 43.6 Å². The maximum Gasteiger partial charge on any atom is -1.00 e. The van der Waals surface area contributed by atoms with E-state index in [-0.39, 0.29) is 46.2 Å². The Balaban J connectivity index is 0. The number of nitrogens with one attached hydrogen (secondary N) is 1. The Morgan fingerprint density at radius 3 is 2.00 bits per heavy atom. The molecule has 1 aliphatic carbocycles. The van der Waals surface area contributed by atoms with E-state index in [0.717, 1.165) is 36.1 Å². The predicted octanol–water partition coefficient (Wildman–Crippen LogP) is -2.10. The number of allylic oxidation sites excluding steroid dienone is 4. The van der Waals surface area contributed by atoms with Crippen LogP contribution in [0, 0.1) is 5.92 Å². The SMILES string of the molecule is CC1=C(C)C(C)C(c2ccccc2C(=O)[NH][Zr+2])=C1C.[CH3][GeH2][CH3].[Cl-].[Cl-]. The summed E-state index contributed by atoms with van der Waals surface area (Å²) in [4.78, 5) is 12.0. The van der Waals surface area contributed by atoms with Gasteiger partial charge in [-0.2, -0.15) is 0 Å². The molecule has 1 amide bonds. The van der Waals surface area contributed by atoms with E-state index in [1.54, 1.807) is 0 Å². The Morgan fingerprint density at radius 1 is 1.08 bits per heavy atom. The average Bonchev–Trinajstić information content (AvgIpc) is 2.71. The molecule has 2 nitrogen and oxygen atoms in total. The third-order valence-corrected chi connectivity index (χ3v) is 4.77. The van der Waals surface area contributed by atoms with E-state index < -0.39 is 0 Å². The van der Waals surface area contributed by atoms with Crippen LogP contribution in [0.4, 0.5) is 0 Å². The first-order valence-corrected chi connectivity index (χ1v) is 15.0. The van der Waals surface area contributed by atoms with Crippen molar-refractivity contribution >= 4 is 26.9 Å². The minimum atomic E-state index is 0. The molecule has 0 aliphatic heterocycles. The molecule has 1 aromatic carbocycles. The van der Waals surface area contributed by atoms with E-state index in [4.69, 9.17) is 0 Å². The summed E-state index contributed by atoms with van der Waals surface area (Å²) >= 11 is 1.15. The van der Waals surface area contributed by atoms with Crippen LogP contribution in [0.5, 0.6) is 0 Å². The fraction of sp³-hybridized carbons (Fsp3) is 0.389. The first-order valence-electron chi connectivity index (χ1n) is 7.85. The molecule has 1 unspecified atom stereocenters. The molecule has 1 N–H and O–H groups in total. The summed E-state index contributed by atoms with van der Waals surface area (Å²) in [5.74, 6) is 5.03. The second-order valence-electron chi connectivity index (χ2n) is 5.78. The van der Waals surface area contributed by atoms with E-state index in [1.807, 2.05) is 18.2 Å². The van der Waals surface area contributed by atoms with Crippen molar-refractivity contribution in [2.24, 2.45) is 5.92 Å². The standard InChI is InChI=1S/C16H19NO.C2H8Ge.2ClH.Zr/c1-9-10(2)12(4)15(11(9)3)13-7-5-6-8-14(13)16(17)18;1-3-2;;;/h5-8,11H,1-4H3,(H2,17,18);3H2,1-2H3;2*1H;/q;;;;+3/p-3. The first-order chi connectivity index (χ1) is 10.4. The van der Waals surface area contributed by atoms with Gasteiger partial charge in [-0.25, -0.2) is 0 Å². The van der Waals surface area contributed by atoms with Gasteiger partial charge in [0.2, 0.25) is 0 Å². The molecule has 0 aromatic heterocycles. The van der Waals surface area contributed by atoms with Crippen molar-refractivity contribution < 1.29 is 54.6 Å². The summed E-state index contributed by atoms with van der Waals surface area (Å²) in [7, 11) is 0. The predicted molar refractivity (Wildman–Crippen MR) is 94.3 cm³/mol. The summed E-state index contributed by atoms with van der Waals surface area (Å²) < 4.78 is 2.81. The van der Waals surface area contributed by atoms with E-state index in [9.17, 15) is 4.79 Å². The third kappa shape index (κ3) is 5.87. The minimum Gasteiger partial charge on any atom is -1.00 e. The number of halogens is 2. The molecule has 0 saturated heterocycles. The van der Waals surface area contributed by atoms with Gasteiger partial charge in [-0.1, -0.05) is 0 Å². The molecule has 131 valence electrons. The molecule has 2 rings (SSSR count). The van der Waals surface area contributed by atoms with E-state index in [0.29, 0.717) is 5.92 Å². The fourth-order valence-corrected chi connectivity index (χ4v) is 3.11. The Labute approximate surface area is 180 Å². The Hall–Kier alpha value is 0.176. The monoisotopic (exact) mass is 506 g/mol. The van der Waals surface area contributed by atoms with Gasteiger partial charge in [-0.15, -0.1) is 0 Å². The van der Waals surface area contributed by atoms with Crippen molar-refractivity contribution in [2.75, 3.05) is 0 Å². The normalized spacial score (nSPS) is 15.9. The summed E-state index contributed by atoms with van der Waals surface area (Å²) in [6.45, 7) is 8.73. The smallest absolute Gasteiger partial charge is 1.00 e. The maximum atomic E-state index is 12.0. The minimum absolute atomic E-state index is 0. The maximum absolute atomic E-state index is 12.0. The number of benzene rings is 1. The topological polar surface area (TPSA) is 29.1 Å². The molecule has 1 atom stereocenters. The number of amides is 1. The summed E-state index contributed by atoms with van der Waals surface area (Å²) in [5.41, 5.74) is 7.23. The van der Waals surface area contributed by atoms with Crippen LogP contribution in [0.3, 0.4) is 0 Å². The largest absolute Gasteiger partial charge is 1.00 e. The van der Waals surface area contributed by atoms with Crippen molar-refractivity contribution in [2.45, 2.75) is 39.2 Å². The third-order valence-electron chi connectivity index (χ3n) is 4.22. The van der Waals surface area contributed by atoms with Gasteiger partial charge in [0.15, 0.2) is 0 Å². The Morgan fingerprint density at radius 2 is 1.58 bits per heavy atom. The van der Waals surface area contributed by atoms with Crippen LogP contribution in [0.15, 0.2) is 41.0 Å². The van der Waals surface area contributed by atoms with Crippen LogP contribution >= 0.6 is 0 Å². The molecule has 6 heteroatoms. The van der Waals surface area contributed by atoms with Gasteiger partial charge in [0, 0.05) is 0 Å². The van der Waals surface area contributed by atoms with Gasteiger partial charge in [-0.05, 0) is 0 Å². The molecular formula is C18H26Cl2GeNOZr. The molecule has 0 spiro atoms. The number of carbonyl (C=O) groups excluding carboxylic acids is 1. The van der Waals surface area contributed by atoms with Crippen molar-refractivity contribution in [1.29, 1.82) is 0 Å². The van der Waals surface area contributed by atoms with Gasteiger partial charge in [0.25, 0.3) is 0 Å². The van der Waals surface area contributed by atoms with Gasteiger partial charge in [-0.3, -0.25) is 0 Å². The molecule has 24 heavy (non-hydrogen) atoms. The molecule has 1 aromatic rings. The van der Waals surface area contributed by atoms with Crippen molar-refractivity contribution in [3.63, 3.8) is 0 Å². The summed E-state index contributed by atoms with van der Waals surface area (Å²) in [6, 6.07) is 7.89. The number of rotatable bonds is 2. The quantitative estimate of drug-likeness (QED) is 0.457. The molecule has 0 fully saturated rings. The summed E-state index contributed by atoms with van der Waals surface area (Å²) in [6.07, 6.45) is 0. The molecule has 0 saturated carbocycles. The molecule has 0 heterocycles. The number of hydrogen-bond donors (Lipinski definition) is 1. The number of carbonyl (C=O) groups is 1. The fourth-order valence-electron chi connectivity index (χ4n) is 2.78. The van der Waals surface area contributed by atoms with Crippen LogP contribution in [-0.2, 0) is 25.0 Å². The van der Waals surface area contributed by atoms with Crippen molar-refractivity contribution in [3.05, 3.63) is 52.1 Å². The van der Waals surface area contributed by atoms with Gasteiger partial charge in [0.05, 0.1) is 0 Å². The second kappa shape index (κ2) is 12.5. The Kier molecular flexibility index (Phi) is 13.8. The summed E-state index contributed by atoms with van der Waals surface area (Å²) in [5, 5.41) is 0. The van der Waals surface area contributed by atoms with E-state index >= 15 is 0 Å². The van der Waals surface area contributed by atoms with Crippen molar-refractivity contribution in [3.8, 4) is 0 Å². The van der Waals surface area contributed by atoms with Gasteiger partial charge >= 0.3 is 157 Å². The Bertz CT molecular complexity index is 629. The van der Waals surface area contributed by atoms with E-state index in [2.05, 4.69) is 48.5 Å².